The number of ketones is 1. The summed E-state index contributed by atoms with van der Waals surface area (Å²) in [6, 6.07) is 4.19. The second-order valence-corrected chi connectivity index (χ2v) is 6.64. The molecule has 0 saturated carbocycles. The molecule has 2 aromatic rings. The standard InChI is InChI=1S/C20H18O8/c1-9-2-11(21)6-15(24)18(9)20(27)19-10(3-12(22)7-16(19)25)4-14-5-13(23)8-17(26)28-14/h2-3,5-9,18,21-22,24-26H,4H2,1H3. The zero-order chi connectivity index (χ0) is 20.6. The molecule has 0 fully saturated rings. The van der Waals surface area contributed by atoms with Crippen LogP contribution in [0.5, 0.6) is 17.4 Å². The van der Waals surface area contributed by atoms with E-state index in [4.69, 9.17) is 4.42 Å². The molecular weight excluding hydrogens is 368 g/mol. The molecule has 3 rings (SSSR count). The maximum atomic E-state index is 13.1. The lowest BCUT2D eigenvalue weighted by molar-refractivity contribution is 0.0878. The monoisotopic (exact) mass is 386 g/mol. The fourth-order valence-electron chi connectivity index (χ4n) is 3.34. The van der Waals surface area contributed by atoms with E-state index in [-0.39, 0.29) is 40.6 Å². The Kier molecular flexibility index (Phi) is 4.87. The molecule has 8 nitrogen and oxygen atoms in total. The van der Waals surface area contributed by atoms with E-state index < -0.39 is 34.7 Å². The molecule has 28 heavy (non-hydrogen) atoms. The quantitative estimate of drug-likeness (QED) is 0.504. The molecule has 1 aliphatic rings. The molecule has 1 aromatic heterocycles. The number of allylic oxidation sites excluding steroid dienone is 3. The number of carbonyl (C=O) groups is 1. The maximum Gasteiger partial charge on any atom is 0.285 e. The van der Waals surface area contributed by atoms with Crippen molar-refractivity contribution in [3.05, 3.63) is 75.0 Å². The smallest absolute Gasteiger partial charge is 0.285 e. The summed E-state index contributed by atoms with van der Waals surface area (Å²) in [7, 11) is 0. The third kappa shape index (κ3) is 3.71. The van der Waals surface area contributed by atoms with Crippen molar-refractivity contribution in [1.29, 1.82) is 0 Å². The van der Waals surface area contributed by atoms with Crippen molar-refractivity contribution in [2.45, 2.75) is 13.3 Å². The van der Waals surface area contributed by atoms with Crippen LogP contribution in [0.25, 0.3) is 0 Å². The topological polar surface area (TPSA) is 148 Å². The molecule has 1 aromatic carbocycles. The van der Waals surface area contributed by atoms with Crippen molar-refractivity contribution in [3.63, 3.8) is 0 Å². The summed E-state index contributed by atoms with van der Waals surface area (Å²) in [6.07, 6.45) is 2.26. The van der Waals surface area contributed by atoms with Gasteiger partial charge in [0.1, 0.15) is 28.8 Å². The Morgan fingerprint density at radius 2 is 1.79 bits per heavy atom. The van der Waals surface area contributed by atoms with Crippen molar-refractivity contribution in [2.75, 3.05) is 0 Å². The Morgan fingerprint density at radius 1 is 1.07 bits per heavy atom. The Bertz CT molecular complexity index is 1060. The normalized spacial score (nSPS) is 19.0. The average molecular weight is 386 g/mol. The van der Waals surface area contributed by atoms with E-state index >= 15 is 0 Å². The number of benzene rings is 1. The molecular formula is C20H18O8. The number of phenolic OH excluding ortho intramolecular Hbond substituents is 2. The first-order valence-corrected chi connectivity index (χ1v) is 8.39. The summed E-state index contributed by atoms with van der Waals surface area (Å²) >= 11 is 0. The number of rotatable bonds is 4. The molecule has 0 aliphatic heterocycles. The van der Waals surface area contributed by atoms with Crippen LogP contribution in [0.1, 0.15) is 28.6 Å². The van der Waals surface area contributed by atoms with Crippen molar-refractivity contribution in [1.82, 2.24) is 0 Å². The third-order valence-electron chi connectivity index (χ3n) is 4.46. The van der Waals surface area contributed by atoms with Crippen molar-refractivity contribution in [2.24, 2.45) is 11.8 Å². The molecule has 2 unspecified atom stereocenters. The van der Waals surface area contributed by atoms with E-state index in [0.717, 1.165) is 24.3 Å². The van der Waals surface area contributed by atoms with Gasteiger partial charge >= 0.3 is 0 Å². The van der Waals surface area contributed by atoms with Gasteiger partial charge in [-0.1, -0.05) is 6.92 Å². The van der Waals surface area contributed by atoms with Gasteiger partial charge in [-0.15, -0.1) is 0 Å². The van der Waals surface area contributed by atoms with Gasteiger partial charge < -0.3 is 29.9 Å². The highest BCUT2D eigenvalue weighted by molar-refractivity contribution is 6.03. The number of Topliss-reactive ketones (excluding diaryl/α,β-unsaturated/α-hetero) is 1. The van der Waals surface area contributed by atoms with Gasteiger partial charge in [0.2, 0.25) is 0 Å². The number of hydrogen-bond donors (Lipinski definition) is 5. The summed E-state index contributed by atoms with van der Waals surface area (Å²) in [6.45, 7) is 1.62. The molecule has 0 spiro atoms. The van der Waals surface area contributed by atoms with Gasteiger partial charge in [0.25, 0.3) is 5.95 Å². The average Bonchev–Trinajstić information content (AvgIpc) is 2.51. The first-order chi connectivity index (χ1) is 13.2. The van der Waals surface area contributed by atoms with Crippen molar-refractivity contribution >= 4 is 5.78 Å². The maximum absolute atomic E-state index is 13.1. The van der Waals surface area contributed by atoms with Gasteiger partial charge in [0.05, 0.1) is 17.5 Å². The Balaban J connectivity index is 2.07. The SMILES string of the molecule is CC1C=C(O)C=C(O)C1C(=O)c1c(O)cc(O)cc1Cc1cc(=O)cc(O)o1. The number of aromatic hydroxyl groups is 3. The first kappa shape index (κ1) is 19.1. The minimum atomic E-state index is -1.05. The highest BCUT2D eigenvalue weighted by atomic mass is 16.5. The van der Waals surface area contributed by atoms with E-state index in [2.05, 4.69) is 0 Å². The summed E-state index contributed by atoms with van der Waals surface area (Å²) < 4.78 is 5.06. The van der Waals surface area contributed by atoms with Crippen LogP contribution in [0.4, 0.5) is 0 Å². The van der Waals surface area contributed by atoms with Crippen LogP contribution in [-0.2, 0) is 6.42 Å². The predicted molar refractivity (Wildman–Crippen MR) is 97.6 cm³/mol. The Hall–Kier alpha value is -3.68. The van der Waals surface area contributed by atoms with Crippen molar-refractivity contribution in [3.8, 4) is 17.4 Å². The second-order valence-electron chi connectivity index (χ2n) is 6.64. The van der Waals surface area contributed by atoms with Crippen LogP contribution in [0.2, 0.25) is 0 Å². The van der Waals surface area contributed by atoms with Crippen LogP contribution in [0.15, 0.2) is 57.1 Å². The highest BCUT2D eigenvalue weighted by Gasteiger charge is 2.34. The summed E-state index contributed by atoms with van der Waals surface area (Å²) in [5.41, 5.74) is -0.552. The van der Waals surface area contributed by atoms with Crippen LogP contribution in [0.3, 0.4) is 0 Å². The van der Waals surface area contributed by atoms with E-state index in [9.17, 15) is 35.1 Å². The van der Waals surface area contributed by atoms with Crippen LogP contribution in [-0.4, -0.2) is 31.3 Å². The fourth-order valence-corrected chi connectivity index (χ4v) is 3.34. The van der Waals surface area contributed by atoms with E-state index in [1.165, 1.54) is 12.1 Å². The molecule has 146 valence electrons. The minimum absolute atomic E-state index is 0.0121. The second kappa shape index (κ2) is 7.15. The number of hydrogen-bond acceptors (Lipinski definition) is 8. The predicted octanol–water partition coefficient (Wildman–Crippen LogP) is 2.68. The molecule has 5 N–H and O–H groups in total. The number of aliphatic hydroxyl groups excluding tert-OH is 2. The first-order valence-electron chi connectivity index (χ1n) is 8.39. The Morgan fingerprint density at radius 3 is 2.43 bits per heavy atom. The summed E-state index contributed by atoms with van der Waals surface area (Å²) in [5, 5.41) is 49.3. The lowest BCUT2D eigenvalue weighted by Gasteiger charge is -2.24. The zero-order valence-electron chi connectivity index (χ0n) is 14.8. The molecule has 0 radical (unpaired) electrons. The summed E-state index contributed by atoms with van der Waals surface area (Å²) in [4.78, 5) is 24.7. The molecule has 0 bridgehead atoms. The van der Waals surface area contributed by atoms with Crippen LogP contribution < -0.4 is 5.43 Å². The fraction of sp³-hybridized carbons (Fsp3) is 0.200. The van der Waals surface area contributed by atoms with Crippen molar-refractivity contribution < 1.29 is 34.7 Å². The lowest BCUT2D eigenvalue weighted by atomic mass is 9.80. The highest BCUT2D eigenvalue weighted by Crippen LogP contribution is 2.36. The zero-order valence-corrected chi connectivity index (χ0v) is 14.8. The molecule has 0 amide bonds. The van der Waals surface area contributed by atoms with Gasteiger partial charge in [-0.3, -0.25) is 9.59 Å². The Labute approximate surface area is 158 Å². The van der Waals surface area contributed by atoms with Crippen LogP contribution in [0, 0.1) is 11.8 Å². The molecule has 1 aliphatic carbocycles. The molecule has 1 heterocycles. The lowest BCUT2D eigenvalue weighted by Crippen LogP contribution is -2.27. The number of phenols is 2. The van der Waals surface area contributed by atoms with Gasteiger partial charge in [-0.25, -0.2) is 0 Å². The van der Waals surface area contributed by atoms with E-state index in [1.807, 2.05) is 0 Å². The molecule has 2 atom stereocenters. The minimum Gasteiger partial charge on any atom is -0.511 e. The number of aliphatic hydroxyl groups is 2. The van der Waals surface area contributed by atoms with Gasteiger partial charge in [-0.05, 0) is 23.6 Å². The number of carbonyl (C=O) groups excluding carboxylic acids is 1. The van der Waals surface area contributed by atoms with Crippen LogP contribution >= 0.6 is 0 Å². The largest absolute Gasteiger partial charge is 0.511 e. The molecule has 8 heteroatoms. The summed E-state index contributed by atoms with van der Waals surface area (Å²) in [5.74, 6) is -4.22. The van der Waals surface area contributed by atoms with Gasteiger partial charge in [0, 0.05) is 24.6 Å². The third-order valence-corrected chi connectivity index (χ3v) is 4.46. The van der Waals surface area contributed by atoms with Gasteiger partial charge in [0.15, 0.2) is 11.2 Å². The van der Waals surface area contributed by atoms with E-state index in [1.54, 1.807) is 6.92 Å². The molecule has 0 saturated heterocycles. The van der Waals surface area contributed by atoms with Gasteiger partial charge in [-0.2, -0.15) is 0 Å². The van der Waals surface area contributed by atoms with E-state index in [0.29, 0.717) is 0 Å².